The van der Waals surface area contributed by atoms with E-state index < -0.39 is 11.9 Å². The van der Waals surface area contributed by atoms with Crippen LogP contribution in [0.3, 0.4) is 0 Å². The highest BCUT2D eigenvalue weighted by Crippen LogP contribution is 2.26. The van der Waals surface area contributed by atoms with Crippen LogP contribution in [0.1, 0.15) is 43.7 Å². The van der Waals surface area contributed by atoms with Gasteiger partial charge in [-0.3, -0.25) is 4.79 Å². The lowest BCUT2D eigenvalue weighted by Crippen LogP contribution is -2.09. The Bertz CT molecular complexity index is 1070. The van der Waals surface area contributed by atoms with E-state index in [9.17, 15) is 19.5 Å². The second kappa shape index (κ2) is 8.52. The number of carbonyl (C=O) groups is 3. The number of ketones is 1. The van der Waals surface area contributed by atoms with Crippen LogP contribution in [0.25, 0.3) is 11.4 Å². The zero-order chi connectivity index (χ0) is 21.0. The van der Waals surface area contributed by atoms with E-state index in [1.54, 1.807) is 10.8 Å². The summed E-state index contributed by atoms with van der Waals surface area (Å²) < 4.78 is 6.43. The van der Waals surface area contributed by atoms with Crippen molar-refractivity contribution in [3.63, 3.8) is 0 Å². The number of aryl methyl sites for hydroxylation is 2. The summed E-state index contributed by atoms with van der Waals surface area (Å²) in [5.74, 6) is -1.68. The van der Waals surface area contributed by atoms with Crippen molar-refractivity contribution in [1.82, 2.24) is 9.55 Å². The second-order valence-corrected chi connectivity index (χ2v) is 6.49. The highest BCUT2D eigenvalue weighted by Gasteiger charge is 2.21. The van der Waals surface area contributed by atoms with E-state index in [-0.39, 0.29) is 22.6 Å². The minimum absolute atomic E-state index is 0.0884. The number of rotatable bonds is 7. The predicted octanol–water partition coefficient (Wildman–Crippen LogP) is 3.48. The lowest BCUT2D eigenvalue weighted by atomic mass is 10.0. The summed E-state index contributed by atoms with van der Waals surface area (Å²) in [5.41, 5.74) is 1.72. The molecule has 0 aliphatic heterocycles. The van der Waals surface area contributed by atoms with Crippen LogP contribution in [0.4, 0.5) is 0 Å². The van der Waals surface area contributed by atoms with Gasteiger partial charge in [0.05, 0.1) is 18.2 Å². The van der Waals surface area contributed by atoms with Gasteiger partial charge in [-0.05, 0) is 30.2 Å². The van der Waals surface area contributed by atoms with Crippen LogP contribution in [-0.4, -0.2) is 39.5 Å². The van der Waals surface area contributed by atoms with E-state index in [0.717, 1.165) is 5.56 Å². The highest BCUT2D eigenvalue weighted by molar-refractivity contribution is 6.00. The van der Waals surface area contributed by atoms with Crippen molar-refractivity contribution in [3.05, 3.63) is 77.1 Å². The van der Waals surface area contributed by atoms with E-state index >= 15 is 0 Å². The average Bonchev–Trinajstić information content (AvgIpc) is 3.16. The Kier molecular flexibility index (Phi) is 5.87. The molecule has 29 heavy (non-hydrogen) atoms. The first-order valence-corrected chi connectivity index (χ1v) is 8.98. The first-order valence-electron chi connectivity index (χ1n) is 8.98. The number of carbonyl (C=O) groups excluding carboxylic acids is 2. The molecule has 7 nitrogen and oxygen atoms in total. The molecule has 3 aromatic rings. The van der Waals surface area contributed by atoms with E-state index in [4.69, 9.17) is 0 Å². The van der Waals surface area contributed by atoms with Gasteiger partial charge in [0, 0.05) is 25.2 Å². The first kappa shape index (κ1) is 20.0. The van der Waals surface area contributed by atoms with Gasteiger partial charge < -0.3 is 14.4 Å². The van der Waals surface area contributed by atoms with Crippen molar-refractivity contribution in [2.45, 2.75) is 19.9 Å². The Morgan fingerprint density at radius 2 is 1.83 bits per heavy atom. The highest BCUT2D eigenvalue weighted by atomic mass is 16.5. The summed E-state index contributed by atoms with van der Waals surface area (Å²) in [6, 6.07) is 14.1. The molecule has 0 unspecified atom stereocenters. The number of imidazole rings is 1. The number of aromatic nitrogens is 2. The molecule has 0 aliphatic carbocycles. The minimum atomic E-state index is -1.20. The van der Waals surface area contributed by atoms with Crippen LogP contribution < -0.4 is 0 Å². The Hall–Kier alpha value is -3.74. The molecule has 0 spiro atoms. The third-order valence-electron chi connectivity index (χ3n) is 4.53. The van der Waals surface area contributed by atoms with Crippen molar-refractivity contribution < 1.29 is 24.2 Å². The molecule has 0 atom stereocenters. The van der Waals surface area contributed by atoms with Gasteiger partial charge in [0.1, 0.15) is 11.5 Å². The summed E-state index contributed by atoms with van der Waals surface area (Å²) in [6.07, 6.45) is 2.31. The van der Waals surface area contributed by atoms with Gasteiger partial charge in [0.2, 0.25) is 0 Å². The molecule has 7 heteroatoms. The lowest BCUT2D eigenvalue weighted by Gasteiger charge is -2.11. The Morgan fingerprint density at radius 3 is 2.45 bits per heavy atom. The molecule has 0 fully saturated rings. The standard InChI is InChI=1S/C22H20N2O5/c1-14(25)19-13-24(11-10-15-6-4-3-5-7-15)20(23-19)17-9-8-16(22(28)29-2)12-18(17)21(26)27/h3-9,12-13H,10-11H2,1-2H3,(H,26,27). The number of hydrogen-bond acceptors (Lipinski definition) is 5. The van der Waals surface area contributed by atoms with Crippen molar-refractivity contribution >= 4 is 17.7 Å². The van der Waals surface area contributed by atoms with Gasteiger partial charge in [-0.1, -0.05) is 30.3 Å². The third-order valence-corrected chi connectivity index (χ3v) is 4.53. The molecule has 0 radical (unpaired) electrons. The maximum Gasteiger partial charge on any atom is 0.337 e. The third kappa shape index (κ3) is 4.40. The maximum absolute atomic E-state index is 11.9. The number of benzene rings is 2. The quantitative estimate of drug-likeness (QED) is 0.488. The summed E-state index contributed by atoms with van der Waals surface area (Å²) in [7, 11) is 1.23. The maximum atomic E-state index is 11.9. The van der Waals surface area contributed by atoms with Gasteiger partial charge in [-0.25, -0.2) is 14.6 Å². The normalized spacial score (nSPS) is 10.6. The van der Waals surface area contributed by atoms with Crippen LogP contribution >= 0.6 is 0 Å². The van der Waals surface area contributed by atoms with Crippen LogP contribution in [0.2, 0.25) is 0 Å². The number of carboxylic acid groups (broad SMARTS) is 1. The number of aromatic carboxylic acids is 1. The molecule has 148 valence electrons. The molecule has 0 bridgehead atoms. The van der Waals surface area contributed by atoms with Crippen LogP contribution in [0, 0.1) is 0 Å². The molecule has 1 aromatic heterocycles. The van der Waals surface area contributed by atoms with Gasteiger partial charge in [-0.15, -0.1) is 0 Å². The van der Waals surface area contributed by atoms with E-state index in [2.05, 4.69) is 9.72 Å². The predicted molar refractivity (Wildman–Crippen MR) is 106 cm³/mol. The largest absolute Gasteiger partial charge is 0.478 e. The van der Waals surface area contributed by atoms with Crippen LogP contribution in [0.15, 0.2) is 54.7 Å². The number of ether oxygens (including phenoxy) is 1. The van der Waals surface area contributed by atoms with E-state index in [0.29, 0.717) is 24.4 Å². The van der Waals surface area contributed by atoms with E-state index in [1.165, 1.54) is 32.2 Å². The molecule has 0 saturated carbocycles. The van der Waals surface area contributed by atoms with Crippen LogP contribution in [-0.2, 0) is 17.7 Å². The average molecular weight is 392 g/mol. The number of esters is 1. The summed E-state index contributed by atoms with van der Waals surface area (Å²) in [4.78, 5) is 39.8. The molecule has 3 rings (SSSR count). The fourth-order valence-electron chi connectivity index (χ4n) is 3.03. The smallest absolute Gasteiger partial charge is 0.337 e. The zero-order valence-electron chi connectivity index (χ0n) is 16.1. The molecule has 2 aromatic carbocycles. The number of Topliss-reactive ketones (excluding diaryl/α,β-unsaturated/α-hetero) is 1. The summed E-state index contributed by atoms with van der Waals surface area (Å²) in [5, 5.41) is 9.66. The van der Waals surface area contributed by atoms with Gasteiger partial charge in [0.25, 0.3) is 0 Å². The Morgan fingerprint density at radius 1 is 1.10 bits per heavy atom. The second-order valence-electron chi connectivity index (χ2n) is 6.49. The summed E-state index contributed by atoms with van der Waals surface area (Å²) in [6.45, 7) is 1.92. The molecule has 0 amide bonds. The Balaban J connectivity index is 2.06. The van der Waals surface area contributed by atoms with Crippen LogP contribution in [0.5, 0.6) is 0 Å². The topological polar surface area (TPSA) is 98.5 Å². The van der Waals surface area contributed by atoms with Gasteiger partial charge in [-0.2, -0.15) is 0 Å². The minimum Gasteiger partial charge on any atom is -0.478 e. The number of carboxylic acids is 1. The monoisotopic (exact) mass is 392 g/mol. The molecule has 0 aliphatic rings. The molecule has 1 N–H and O–H groups in total. The first-order chi connectivity index (χ1) is 13.9. The fourth-order valence-corrected chi connectivity index (χ4v) is 3.03. The van der Waals surface area contributed by atoms with Crippen molar-refractivity contribution in [3.8, 4) is 11.4 Å². The van der Waals surface area contributed by atoms with Gasteiger partial charge in [0.15, 0.2) is 5.78 Å². The van der Waals surface area contributed by atoms with Crippen molar-refractivity contribution in [2.75, 3.05) is 7.11 Å². The van der Waals surface area contributed by atoms with E-state index in [1.807, 2.05) is 30.3 Å². The SMILES string of the molecule is COC(=O)c1ccc(-c2nc(C(C)=O)cn2CCc2ccccc2)c(C(=O)O)c1. The van der Waals surface area contributed by atoms with Gasteiger partial charge >= 0.3 is 11.9 Å². The summed E-state index contributed by atoms with van der Waals surface area (Å²) >= 11 is 0. The van der Waals surface area contributed by atoms with Crippen molar-refractivity contribution in [1.29, 1.82) is 0 Å². The molecule has 0 saturated heterocycles. The molecular formula is C22H20N2O5. The number of nitrogens with zero attached hydrogens (tertiary/aromatic N) is 2. The lowest BCUT2D eigenvalue weighted by molar-refractivity contribution is 0.0600. The van der Waals surface area contributed by atoms with Crippen molar-refractivity contribution in [2.24, 2.45) is 0 Å². The zero-order valence-corrected chi connectivity index (χ0v) is 16.1. The Labute approximate surface area is 167 Å². The fraction of sp³-hybridized carbons (Fsp3) is 0.182. The molecule has 1 heterocycles. The number of methoxy groups -OCH3 is 1. The number of hydrogen-bond donors (Lipinski definition) is 1. The molecular weight excluding hydrogens is 372 g/mol.